The Labute approximate surface area is 103 Å². The van der Waals surface area contributed by atoms with Crippen LogP contribution in [0.5, 0.6) is 0 Å². The van der Waals surface area contributed by atoms with Crippen LogP contribution < -0.4 is 10.9 Å². The Morgan fingerprint density at radius 2 is 2.33 bits per heavy atom. The Hall–Kier alpha value is -0.430. The van der Waals surface area contributed by atoms with E-state index in [1.165, 1.54) is 0 Å². The quantitative estimate of drug-likeness (QED) is 0.633. The first-order valence-corrected chi connectivity index (χ1v) is 6.24. The summed E-state index contributed by atoms with van der Waals surface area (Å²) in [5.41, 5.74) is 0.0566. The number of hydrogen-bond acceptors (Lipinski definition) is 3. The molecule has 5 heteroatoms. The molecule has 0 aliphatic heterocycles. The van der Waals surface area contributed by atoms with E-state index in [-0.39, 0.29) is 5.56 Å². The van der Waals surface area contributed by atoms with Gasteiger partial charge in [-0.1, -0.05) is 6.92 Å². The molecule has 0 amide bonds. The fraction of sp³-hybridized carbons (Fsp3) is 0.600. The van der Waals surface area contributed by atoms with Crippen molar-refractivity contribution in [2.45, 2.75) is 26.3 Å². The minimum Gasteiger partial charge on any atom is -0.317 e. The number of nitrogens with one attached hydrogen (secondary N) is 1. The van der Waals surface area contributed by atoms with Crippen LogP contribution in [0.1, 0.15) is 19.8 Å². The highest BCUT2D eigenvalue weighted by molar-refractivity contribution is 14.1. The highest BCUT2D eigenvalue weighted by Crippen LogP contribution is 1.93. The number of nitrogens with zero attached hydrogens (tertiary/aromatic N) is 2. The molecule has 0 saturated carbocycles. The fourth-order valence-corrected chi connectivity index (χ4v) is 1.73. The average Bonchev–Trinajstić information content (AvgIpc) is 2.24. The first kappa shape index (κ1) is 12.6. The van der Waals surface area contributed by atoms with Gasteiger partial charge in [0.25, 0.3) is 5.56 Å². The molecule has 0 unspecified atom stereocenters. The van der Waals surface area contributed by atoms with Gasteiger partial charge < -0.3 is 5.32 Å². The summed E-state index contributed by atoms with van der Waals surface area (Å²) in [5.74, 6) is 0. The Balaban J connectivity index is 2.38. The molecular formula is C10H16IN3O. The molecule has 0 saturated heterocycles. The molecule has 1 heterocycles. The molecule has 4 nitrogen and oxygen atoms in total. The summed E-state index contributed by atoms with van der Waals surface area (Å²) in [6.45, 7) is 4.87. The predicted octanol–water partition coefficient (Wildman–Crippen LogP) is 1.24. The second kappa shape index (κ2) is 6.95. The molecular weight excluding hydrogens is 305 g/mol. The van der Waals surface area contributed by atoms with Crippen molar-refractivity contribution < 1.29 is 0 Å². The molecule has 0 radical (unpaired) electrons. The largest absolute Gasteiger partial charge is 0.317 e. The molecule has 0 aliphatic rings. The number of halogens is 1. The maximum absolute atomic E-state index is 11.6. The third-order valence-electron chi connectivity index (χ3n) is 2.04. The fourth-order valence-electron chi connectivity index (χ4n) is 1.26. The van der Waals surface area contributed by atoms with E-state index in [1.807, 2.05) is 22.6 Å². The second-order valence-corrected chi connectivity index (χ2v) is 4.51. The third-order valence-corrected chi connectivity index (χ3v) is 2.78. The number of aromatic nitrogens is 2. The highest BCUT2D eigenvalue weighted by Gasteiger charge is 1.99. The van der Waals surface area contributed by atoms with E-state index in [0.717, 1.165) is 32.5 Å². The monoisotopic (exact) mass is 321 g/mol. The molecule has 1 N–H and O–H groups in total. The van der Waals surface area contributed by atoms with E-state index >= 15 is 0 Å². The molecule has 15 heavy (non-hydrogen) atoms. The summed E-state index contributed by atoms with van der Waals surface area (Å²) >= 11 is 2.01. The molecule has 84 valence electrons. The van der Waals surface area contributed by atoms with Crippen molar-refractivity contribution in [1.82, 2.24) is 14.9 Å². The van der Waals surface area contributed by atoms with E-state index in [1.54, 1.807) is 17.1 Å². The third kappa shape index (κ3) is 4.29. The predicted molar refractivity (Wildman–Crippen MR) is 69.0 cm³/mol. The van der Waals surface area contributed by atoms with Crippen molar-refractivity contribution in [1.29, 1.82) is 0 Å². The average molecular weight is 321 g/mol. The second-order valence-electron chi connectivity index (χ2n) is 3.34. The molecule has 0 aromatic carbocycles. The first-order valence-electron chi connectivity index (χ1n) is 5.16. The lowest BCUT2D eigenvalue weighted by Gasteiger charge is -2.05. The van der Waals surface area contributed by atoms with Gasteiger partial charge in [0.15, 0.2) is 0 Å². The van der Waals surface area contributed by atoms with Crippen molar-refractivity contribution >= 4 is 22.6 Å². The Bertz CT molecular complexity index is 351. The summed E-state index contributed by atoms with van der Waals surface area (Å²) in [5, 5.41) is 3.30. The van der Waals surface area contributed by atoms with Crippen molar-refractivity contribution in [3.8, 4) is 0 Å². The van der Waals surface area contributed by atoms with E-state index in [9.17, 15) is 4.79 Å². The van der Waals surface area contributed by atoms with E-state index in [0.29, 0.717) is 3.57 Å². The van der Waals surface area contributed by atoms with Crippen LogP contribution >= 0.6 is 22.6 Å². The summed E-state index contributed by atoms with van der Waals surface area (Å²) in [6, 6.07) is 0. The lowest BCUT2D eigenvalue weighted by molar-refractivity contribution is 0.561. The lowest BCUT2D eigenvalue weighted by atomic mass is 10.4. The summed E-state index contributed by atoms with van der Waals surface area (Å²) in [6.07, 6.45) is 5.30. The number of rotatable bonds is 6. The SMILES string of the molecule is CCCNCCCn1cncc(I)c1=O. The van der Waals surface area contributed by atoms with Gasteiger partial charge in [-0.3, -0.25) is 9.36 Å². The van der Waals surface area contributed by atoms with Crippen LogP contribution in [0.2, 0.25) is 0 Å². The molecule has 0 aliphatic carbocycles. The zero-order chi connectivity index (χ0) is 11.1. The summed E-state index contributed by atoms with van der Waals surface area (Å²) in [4.78, 5) is 15.6. The van der Waals surface area contributed by atoms with Crippen molar-refractivity contribution in [2.24, 2.45) is 0 Å². The molecule has 0 bridgehead atoms. The van der Waals surface area contributed by atoms with Crippen molar-refractivity contribution in [2.75, 3.05) is 13.1 Å². The van der Waals surface area contributed by atoms with E-state index < -0.39 is 0 Å². The van der Waals surface area contributed by atoms with Gasteiger partial charge in [-0.25, -0.2) is 4.98 Å². The molecule has 0 spiro atoms. The van der Waals surface area contributed by atoms with Gasteiger partial charge in [0, 0.05) is 12.7 Å². The Morgan fingerprint density at radius 3 is 3.07 bits per heavy atom. The maximum Gasteiger partial charge on any atom is 0.266 e. The van der Waals surface area contributed by atoms with Crippen LogP contribution in [0.4, 0.5) is 0 Å². The molecule has 1 aromatic heterocycles. The van der Waals surface area contributed by atoms with Crippen LogP contribution in [0.3, 0.4) is 0 Å². The van der Waals surface area contributed by atoms with Crippen molar-refractivity contribution in [3.05, 3.63) is 26.4 Å². The van der Waals surface area contributed by atoms with Gasteiger partial charge in [-0.2, -0.15) is 0 Å². The number of hydrogen-bond donors (Lipinski definition) is 1. The van der Waals surface area contributed by atoms with E-state index in [4.69, 9.17) is 0 Å². The maximum atomic E-state index is 11.6. The standard InChI is InChI=1S/C10H16IN3O/c1-2-4-12-5-3-6-14-8-13-7-9(11)10(14)15/h7-8,12H,2-6H2,1H3. The first-order chi connectivity index (χ1) is 7.25. The van der Waals surface area contributed by atoms with Gasteiger partial charge in [-0.05, 0) is 48.5 Å². The zero-order valence-electron chi connectivity index (χ0n) is 8.87. The number of aryl methyl sites for hydroxylation is 1. The lowest BCUT2D eigenvalue weighted by Crippen LogP contribution is -2.25. The van der Waals surface area contributed by atoms with Crippen LogP contribution in [0.15, 0.2) is 17.3 Å². The van der Waals surface area contributed by atoms with Crippen LogP contribution in [0, 0.1) is 3.57 Å². The summed E-state index contributed by atoms with van der Waals surface area (Å²) in [7, 11) is 0. The van der Waals surface area contributed by atoms with E-state index in [2.05, 4.69) is 17.2 Å². The Morgan fingerprint density at radius 1 is 1.53 bits per heavy atom. The molecule has 1 aromatic rings. The van der Waals surface area contributed by atoms with Crippen LogP contribution in [-0.2, 0) is 6.54 Å². The topological polar surface area (TPSA) is 46.9 Å². The highest BCUT2D eigenvalue weighted by atomic mass is 127. The van der Waals surface area contributed by atoms with Gasteiger partial charge in [-0.15, -0.1) is 0 Å². The zero-order valence-corrected chi connectivity index (χ0v) is 11.0. The van der Waals surface area contributed by atoms with Crippen LogP contribution in [0.25, 0.3) is 0 Å². The van der Waals surface area contributed by atoms with Gasteiger partial charge in [0.05, 0.1) is 9.90 Å². The Kier molecular flexibility index (Phi) is 5.85. The molecule has 1 rings (SSSR count). The van der Waals surface area contributed by atoms with Crippen molar-refractivity contribution in [3.63, 3.8) is 0 Å². The smallest absolute Gasteiger partial charge is 0.266 e. The minimum atomic E-state index is 0.0566. The molecule has 0 atom stereocenters. The summed E-state index contributed by atoms with van der Waals surface area (Å²) < 4.78 is 2.34. The normalized spacial score (nSPS) is 10.5. The molecule has 0 fully saturated rings. The van der Waals surface area contributed by atoms with Gasteiger partial charge in [0.2, 0.25) is 0 Å². The van der Waals surface area contributed by atoms with Crippen LogP contribution in [-0.4, -0.2) is 22.6 Å². The minimum absolute atomic E-state index is 0.0566. The van der Waals surface area contributed by atoms with Gasteiger partial charge in [0.1, 0.15) is 0 Å². The van der Waals surface area contributed by atoms with Gasteiger partial charge >= 0.3 is 0 Å².